The van der Waals surface area contributed by atoms with E-state index in [2.05, 4.69) is 4.90 Å². The van der Waals surface area contributed by atoms with Crippen molar-refractivity contribution in [2.45, 2.75) is 38.1 Å². The molecule has 0 amide bonds. The van der Waals surface area contributed by atoms with Gasteiger partial charge in [0.25, 0.3) is 0 Å². The Balaban J connectivity index is 1.73. The molecule has 2 saturated heterocycles. The van der Waals surface area contributed by atoms with Gasteiger partial charge in [0.2, 0.25) is 0 Å². The van der Waals surface area contributed by atoms with Crippen molar-refractivity contribution in [3.63, 3.8) is 0 Å². The van der Waals surface area contributed by atoms with Crippen LogP contribution in [-0.2, 0) is 17.8 Å². The van der Waals surface area contributed by atoms with Crippen LogP contribution < -0.4 is 5.73 Å². The molecule has 0 radical (unpaired) electrons. The fourth-order valence-corrected chi connectivity index (χ4v) is 2.98. The van der Waals surface area contributed by atoms with Crippen LogP contribution in [0.4, 0.5) is 4.39 Å². The molecule has 18 heavy (non-hydrogen) atoms. The molecule has 2 aliphatic heterocycles. The van der Waals surface area contributed by atoms with Gasteiger partial charge in [-0.15, -0.1) is 0 Å². The van der Waals surface area contributed by atoms with Crippen LogP contribution >= 0.6 is 0 Å². The third kappa shape index (κ3) is 2.28. The van der Waals surface area contributed by atoms with Crippen LogP contribution in [0.15, 0.2) is 18.2 Å². The third-order valence-electron chi connectivity index (χ3n) is 3.89. The number of hydrogen-bond donors (Lipinski definition) is 1. The number of morpholine rings is 1. The number of halogens is 1. The molecule has 0 aromatic heterocycles. The molecule has 0 saturated carbocycles. The van der Waals surface area contributed by atoms with Gasteiger partial charge in [0.15, 0.2) is 0 Å². The molecule has 2 unspecified atom stereocenters. The second-order valence-electron chi connectivity index (χ2n) is 5.25. The normalized spacial score (nSPS) is 27.7. The maximum atomic E-state index is 14.1. The highest BCUT2D eigenvalue weighted by Gasteiger charge is 2.33. The number of ether oxygens (including phenoxy) is 1. The first-order chi connectivity index (χ1) is 8.76. The number of benzene rings is 1. The fourth-order valence-electron chi connectivity index (χ4n) is 2.98. The summed E-state index contributed by atoms with van der Waals surface area (Å²) in [6, 6.07) is 5.49. The summed E-state index contributed by atoms with van der Waals surface area (Å²) in [5, 5.41) is 0. The van der Waals surface area contributed by atoms with E-state index < -0.39 is 0 Å². The summed E-state index contributed by atoms with van der Waals surface area (Å²) in [6.07, 6.45) is 2.99. The van der Waals surface area contributed by atoms with E-state index in [-0.39, 0.29) is 12.4 Å². The largest absolute Gasteiger partial charge is 0.372 e. The molecule has 4 heteroatoms. The highest BCUT2D eigenvalue weighted by molar-refractivity contribution is 5.26. The highest BCUT2D eigenvalue weighted by Crippen LogP contribution is 2.27. The van der Waals surface area contributed by atoms with Gasteiger partial charge in [-0.1, -0.05) is 18.2 Å². The molecule has 3 rings (SSSR count). The van der Waals surface area contributed by atoms with Gasteiger partial charge in [0.1, 0.15) is 5.82 Å². The Labute approximate surface area is 107 Å². The first kappa shape index (κ1) is 12.1. The predicted molar refractivity (Wildman–Crippen MR) is 67.5 cm³/mol. The number of nitrogens with zero attached hydrogens (tertiary/aromatic N) is 1. The quantitative estimate of drug-likeness (QED) is 0.886. The number of likely N-dealkylation sites (tertiary alicyclic amines) is 1. The van der Waals surface area contributed by atoms with Crippen LogP contribution in [0, 0.1) is 5.82 Å². The molecule has 1 aromatic rings. The summed E-state index contributed by atoms with van der Waals surface area (Å²) in [7, 11) is 0. The SMILES string of the molecule is NCc1cccc(CN2CC3CCC(C2)O3)c1F. The van der Waals surface area contributed by atoms with E-state index in [1.165, 1.54) is 0 Å². The lowest BCUT2D eigenvalue weighted by Crippen LogP contribution is -2.42. The van der Waals surface area contributed by atoms with Crippen LogP contribution in [0.3, 0.4) is 0 Å². The van der Waals surface area contributed by atoms with E-state index in [4.69, 9.17) is 10.5 Å². The maximum Gasteiger partial charge on any atom is 0.132 e. The number of hydrogen-bond acceptors (Lipinski definition) is 3. The maximum absolute atomic E-state index is 14.1. The van der Waals surface area contributed by atoms with Crippen LogP contribution in [0.1, 0.15) is 24.0 Å². The molecule has 2 fully saturated rings. The molecular formula is C14H19FN2O. The summed E-state index contributed by atoms with van der Waals surface area (Å²) in [4.78, 5) is 2.30. The Kier molecular flexibility index (Phi) is 3.33. The van der Waals surface area contributed by atoms with Crippen LogP contribution in [0.2, 0.25) is 0 Å². The van der Waals surface area contributed by atoms with E-state index in [0.29, 0.717) is 24.3 Å². The standard InChI is InChI=1S/C14H19FN2O/c15-14-10(6-16)2-1-3-11(14)7-17-8-12-4-5-13(9-17)18-12/h1-3,12-13H,4-9,16H2. The Bertz CT molecular complexity index is 426. The van der Waals surface area contributed by atoms with Crippen molar-refractivity contribution in [1.29, 1.82) is 0 Å². The first-order valence-electron chi connectivity index (χ1n) is 6.60. The van der Waals surface area contributed by atoms with Gasteiger partial charge in [-0.2, -0.15) is 0 Å². The smallest absolute Gasteiger partial charge is 0.132 e. The highest BCUT2D eigenvalue weighted by atomic mass is 19.1. The Morgan fingerprint density at radius 1 is 1.22 bits per heavy atom. The zero-order valence-electron chi connectivity index (χ0n) is 10.4. The van der Waals surface area contributed by atoms with Crippen molar-refractivity contribution in [2.75, 3.05) is 13.1 Å². The lowest BCUT2D eigenvalue weighted by Gasteiger charge is -2.32. The minimum absolute atomic E-state index is 0.140. The van der Waals surface area contributed by atoms with Crippen LogP contribution in [-0.4, -0.2) is 30.2 Å². The molecule has 2 aliphatic rings. The summed E-state index contributed by atoms with van der Waals surface area (Å²) < 4.78 is 19.9. The van der Waals surface area contributed by atoms with Gasteiger partial charge in [-0.25, -0.2) is 4.39 Å². The Morgan fingerprint density at radius 3 is 2.56 bits per heavy atom. The molecule has 98 valence electrons. The zero-order chi connectivity index (χ0) is 12.5. The molecule has 2 bridgehead atoms. The van der Waals surface area contributed by atoms with Gasteiger partial charge in [0, 0.05) is 37.3 Å². The Hall–Kier alpha value is -0.970. The third-order valence-corrected chi connectivity index (χ3v) is 3.89. The monoisotopic (exact) mass is 250 g/mol. The van der Waals surface area contributed by atoms with Crippen molar-refractivity contribution < 1.29 is 9.13 Å². The van der Waals surface area contributed by atoms with E-state index >= 15 is 0 Å². The molecule has 2 atom stereocenters. The molecule has 2 N–H and O–H groups in total. The zero-order valence-corrected chi connectivity index (χ0v) is 10.4. The van der Waals surface area contributed by atoms with Gasteiger partial charge >= 0.3 is 0 Å². The molecular weight excluding hydrogens is 231 g/mol. The van der Waals surface area contributed by atoms with E-state index in [9.17, 15) is 4.39 Å². The van der Waals surface area contributed by atoms with Gasteiger partial charge in [0.05, 0.1) is 12.2 Å². The second kappa shape index (κ2) is 4.96. The van der Waals surface area contributed by atoms with Gasteiger partial charge in [-0.05, 0) is 12.8 Å². The number of nitrogens with two attached hydrogens (primary N) is 1. The summed E-state index contributed by atoms with van der Waals surface area (Å²) in [5.74, 6) is -0.140. The van der Waals surface area contributed by atoms with E-state index in [1.54, 1.807) is 6.07 Å². The fraction of sp³-hybridized carbons (Fsp3) is 0.571. The lowest BCUT2D eigenvalue weighted by molar-refractivity contribution is -0.0413. The topological polar surface area (TPSA) is 38.5 Å². The minimum atomic E-state index is -0.140. The van der Waals surface area contributed by atoms with E-state index in [1.807, 2.05) is 12.1 Å². The molecule has 2 heterocycles. The first-order valence-corrected chi connectivity index (χ1v) is 6.60. The number of rotatable bonds is 3. The predicted octanol–water partition coefficient (Wildman–Crippen LogP) is 1.65. The average molecular weight is 250 g/mol. The van der Waals surface area contributed by atoms with Crippen molar-refractivity contribution in [3.05, 3.63) is 35.1 Å². The molecule has 0 aliphatic carbocycles. The lowest BCUT2D eigenvalue weighted by atomic mass is 10.1. The average Bonchev–Trinajstić information content (AvgIpc) is 2.71. The molecule has 0 spiro atoms. The summed E-state index contributed by atoms with van der Waals surface area (Å²) in [5.41, 5.74) is 6.88. The van der Waals surface area contributed by atoms with Crippen LogP contribution in [0.25, 0.3) is 0 Å². The van der Waals surface area contributed by atoms with Crippen molar-refractivity contribution in [3.8, 4) is 0 Å². The number of fused-ring (bicyclic) bond motifs is 2. The van der Waals surface area contributed by atoms with Crippen molar-refractivity contribution in [2.24, 2.45) is 5.73 Å². The van der Waals surface area contributed by atoms with Crippen molar-refractivity contribution >= 4 is 0 Å². The van der Waals surface area contributed by atoms with Crippen molar-refractivity contribution in [1.82, 2.24) is 4.90 Å². The molecule has 1 aromatic carbocycles. The summed E-state index contributed by atoms with van der Waals surface area (Å²) >= 11 is 0. The van der Waals surface area contributed by atoms with Gasteiger partial charge < -0.3 is 10.5 Å². The minimum Gasteiger partial charge on any atom is -0.372 e. The molecule has 3 nitrogen and oxygen atoms in total. The second-order valence-corrected chi connectivity index (χ2v) is 5.25. The van der Waals surface area contributed by atoms with Crippen LogP contribution in [0.5, 0.6) is 0 Å². The summed E-state index contributed by atoms with van der Waals surface area (Å²) in [6.45, 7) is 2.76. The van der Waals surface area contributed by atoms with E-state index in [0.717, 1.165) is 31.5 Å². The van der Waals surface area contributed by atoms with Gasteiger partial charge in [-0.3, -0.25) is 4.90 Å². The Morgan fingerprint density at radius 2 is 1.89 bits per heavy atom.